The van der Waals surface area contributed by atoms with Crippen molar-refractivity contribution in [2.75, 3.05) is 11.1 Å². The first-order chi connectivity index (χ1) is 13.0. The molecule has 27 heavy (non-hydrogen) atoms. The van der Waals surface area contributed by atoms with E-state index in [4.69, 9.17) is 0 Å². The lowest BCUT2D eigenvalue weighted by Gasteiger charge is -2.11. The van der Waals surface area contributed by atoms with Crippen LogP contribution in [0.25, 0.3) is 0 Å². The van der Waals surface area contributed by atoms with Gasteiger partial charge in [-0.15, -0.1) is 10.2 Å². The van der Waals surface area contributed by atoms with E-state index in [1.807, 2.05) is 57.2 Å². The maximum atomic E-state index is 12.4. The number of hydrogen-bond donors (Lipinski definition) is 1. The van der Waals surface area contributed by atoms with Crippen LogP contribution in [0.3, 0.4) is 0 Å². The molecular weight excluding hydrogens is 356 g/mol. The molecule has 3 rings (SSSR count). The number of carbonyl (C=O) groups excluding carboxylic acids is 1. The predicted octanol–water partition coefficient (Wildman–Crippen LogP) is 4.18. The number of thioether (sulfide) groups is 1. The maximum Gasteiger partial charge on any atom is 0.234 e. The van der Waals surface area contributed by atoms with Gasteiger partial charge in [-0.05, 0) is 49.9 Å². The minimum Gasteiger partial charge on any atom is -0.325 e. The number of benzene rings is 2. The molecule has 0 bridgehead atoms. The lowest BCUT2D eigenvalue weighted by Crippen LogP contribution is -2.16. The first kappa shape index (κ1) is 19.2. The lowest BCUT2D eigenvalue weighted by molar-refractivity contribution is -0.113. The Bertz CT molecular complexity index is 921. The van der Waals surface area contributed by atoms with Gasteiger partial charge in [0.1, 0.15) is 5.82 Å². The lowest BCUT2D eigenvalue weighted by atomic mass is 10.1. The molecule has 0 spiro atoms. The van der Waals surface area contributed by atoms with Crippen LogP contribution in [-0.2, 0) is 17.8 Å². The number of nitrogens with zero attached hydrogens (tertiary/aromatic N) is 3. The molecule has 1 aromatic heterocycles. The summed E-state index contributed by atoms with van der Waals surface area (Å²) in [4.78, 5) is 12.4. The highest BCUT2D eigenvalue weighted by atomic mass is 32.2. The highest BCUT2D eigenvalue weighted by Crippen LogP contribution is 2.21. The highest BCUT2D eigenvalue weighted by Gasteiger charge is 2.13. The van der Waals surface area contributed by atoms with Gasteiger partial charge in [0.2, 0.25) is 5.91 Å². The zero-order chi connectivity index (χ0) is 19.2. The van der Waals surface area contributed by atoms with Crippen LogP contribution in [0, 0.1) is 20.8 Å². The molecule has 1 heterocycles. The largest absolute Gasteiger partial charge is 0.325 e. The normalized spacial score (nSPS) is 10.8. The Labute approximate surface area is 164 Å². The predicted molar refractivity (Wildman–Crippen MR) is 110 cm³/mol. The van der Waals surface area contributed by atoms with Crippen LogP contribution in [0.5, 0.6) is 0 Å². The van der Waals surface area contributed by atoms with Gasteiger partial charge in [-0.25, -0.2) is 0 Å². The second-order valence-corrected chi connectivity index (χ2v) is 7.44. The van der Waals surface area contributed by atoms with E-state index in [0.29, 0.717) is 5.75 Å². The van der Waals surface area contributed by atoms with Gasteiger partial charge in [0, 0.05) is 12.2 Å². The van der Waals surface area contributed by atoms with E-state index in [-0.39, 0.29) is 5.91 Å². The van der Waals surface area contributed by atoms with Crippen LogP contribution in [0.2, 0.25) is 0 Å². The van der Waals surface area contributed by atoms with Gasteiger partial charge in [0.15, 0.2) is 5.16 Å². The van der Waals surface area contributed by atoms with Gasteiger partial charge in [-0.3, -0.25) is 4.79 Å². The fourth-order valence-corrected chi connectivity index (χ4v) is 3.62. The van der Waals surface area contributed by atoms with Crippen molar-refractivity contribution in [1.82, 2.24) is 14.8 Å². The molecule has 0 saturated heterocycles. The fourth-order valence-electron chi connectivity index (χ4n) is 2.81. The van der Waals surface area contributed by atoms with Gasteiger partial charge in [-0.2, -0.15) is 0 Å². The Morgan fingerprint density at radius 3 is 2.59 bits per heavy atom. The molecule has 0 unspecified atom stereocenters. The van der Waals surface area contributed by atoms with E-state index in [1.54, 1.807) is 0 Å². The van der Waals surface area contributed by atoms with Crippen LogP contribution < -0.4 is 5.32 Å². The molecule has 2 aromatic carbocycles. The first-order valence-corrected chi connectivity index (χ1v) is 9.95. The van der Waals surface area contributed by atoms with Crippen molar-refractivity contribution in [2.24, 2.45) is 0 Å². The number of amides is 1. The van der Waals surface area contributed by atoms with Crippen LogP contribution in [-0.4, -0.2) is 26.4 Å². The number of anilines is 1. The number of aryl methyl sites for hydroxylation is 3. The second-order valence-electron chi connectivity index (χ2n) is 6.50. The van der Waals surface area contributed by atoms with Crippen molar-refractivity contribution < 1.29 is 4.79 Å². The Kier molecular flexibility index (Phi) is 6.29. The Balaban J connectivity index is 1.59. The molecule has 0 aliphatic heterocycles. The topological polar surface area (TPSA) is 59.8 Å². The third-order valence-corrected chi connectivity index (χ3v) is 5.55. The zero-order valence-corrected chi connectivity index (χ0v) is 16.7. The van der Waals surface area contributed by atoms with Crippen LogP contribution in [0.1, 0.15) is 22.5 Å². The summed E-state index contributed by atoms with van der Waals surface area (Å²) >= 11 is 1.42. The van der Waals surface area contributed by atoms with Crippen molar-refractivity contribution in [3.05, 3.63) is 71.0 Å². The van der Waals surface area contributed by atoms with Crippen molar-refractivity contribution in [1.29, 1.82) is 0 Å². The monoisotopic (exact) mass is 380 g/mol. The molecule has 1 amide bonds. The summed E-state index contributed by atoms with van der Waals surface area (Å²) in [5.41, 5.74) is 4.39. The number of carbonyl (C=O) groups is 1. The number of nitrogens with one attached hydrogen (secondary N) is 1. The van der Waals surface area contributed by atoms with Gasteiger partial charge in [0.05, 0.1) is 5.75 Å². The van der Waals surface area contributed by atoms with Crippen molar-refractivity contribution >= 4 is 23.4 Å². The molecule has 5 nitrogen and oxygen atoms in total. The molecule has 6 heteroatoms. The van der Waals surface area contributed by atoms with Crippen LogP contribution >= 0.6 is 11.8 Å². The van der Waals surface area contributed by atoms with Gasteiger partial charge in [0.25, 0.3) is 0 Å². The summed E-state index contributed by atoms with van der Waals surface area (Å²) in [6, 6.07) is 16.3. The number of aromatic nitrogens is 3. The molecule has 0 aliphatic carbocycles. The SMILES string of the molecule is Cc1cccc(NC(=O)CSc2nnc(C)n2CCc2ccccc2)c1C. The fraction of sp³-hybridized carbons (Fsp3) is 0.286. The maximum absolute atomic E-state index is 12.4. The molecule has 0 radical (unpaired) electrons. The average molecular weight is 381 g/mol. The van der Waals surface area contributed by atoms with E-state index in [9.17, 15) is 4.79 Å². The number of rotatable bonds is 7. The summed E-state index contributed by atoms with van der Waals surface area (Å²) in [5.74, 6) is 1.13. The molecule has 3 aromatic rings. The van der Waals surface area contributed by atoms with Crippen molar-refractivity contribution in [3.8, 4) is 0 Å². The second kappa shape index (κ2) is 8.86. The first-order valence-electron chi connectivity index (χ1n) is 8.97. The molecule has 0 saturated carbocycles. The van der Waals surface area contributed by atoms with Crippen LogP contribution in [0.4, 0.5) is 5.69 Å². The molecule has 0 atom stereocenters. The van der Waals surface area contributed by atoms with Gasteiger partial charge >= 0.3 is 0 Å². The van der Waals surface area contributed by atoms with Crippen LogP contribution in [0.15, 0.2) is 53.7 Å². The summed E-state index contributed by atoms with van der Waals surface area (Å²) in [6.07, 6.45) is 0.905. The average Bonchev–Trinajstić information content (AvgIpc) is 3.02. The Hall–Kier alpha value is -2.60. The molecular formula is C21H24N4OS. The summed E-state index contributed by atoms with van der Waals surface area (Å²) < 4.78 is 2.07. The van der Waals surface area contributed by atoms with E-state index >= 15 is 0 Å². The van der Waals surface area contributed by atoms with Crippen molar-refractivity contribution in [3.63, 3.8) is 0 Å². The van der Waals surface area contributed by atoms with E-state index in [1.165, 1.54) is 17.3 Å². The molecule has 140 valence electrons. The van der Waals surface area contributed by atoms with E-state index in [2.05, 4.69) is 32.2 Å². The van der Waals surface area contributed by atoms with Crippen molar-refractivity contribution in [2.45, 2.75) is 38.9 Å². The zero-order valence-electron chi connectivity index (χ0n) is 15.9. The Morgan fingerprint density at radius 1 is 1.04 bits per heavy atom. The standard InChI is InChI=1S/C21H24N4OS/c1-15-8-7-11-19(16(15)2)22-20(26)14-27-21-24-23-17(3)25(21)13-12-18-9-5-4-6-10-18/h4-11H,12-14H2,1-3H3,(H,22,26). The quantitative estimate of drug-likeness (QED) is 0.625. The third-order valence-electron chi connectivity index (χ3n) is 4.58. The van der Waals surface area contributed by atoms with E-state index in [0.717, 1.165) is 40.8 Å². The summed E-state index contributed by atoms with van der Waals surface area (Å²) in [5, 5.41) is 12.2. The molecule has 0 aliphatic rings. The smallest absolute Gasteiger partial charge is 0.234 e. The molecule has 1 N–H and O–H groups in total. The highest BCUT2D eigenvalue weighted by molar-refractivity contribution is 7.99. The Morgan fingerprint density at radius 2 is 1.81 bits per heavy atom. The number of hydrogen-bond acceptors (Lipinski definition) is 4. The molecule has 0 fully saturated rings. The van der Waals surface area contributed by atoms with E-state index < -0.39 is 0 Å². The summed E-state index contributed by atoms with van der Waals surface area (Å²) in [6.45, 7) is 6.79. The minimum absolute atomic E-state index is 0.0380. The van der Waals surface area contributed by atoms with Gasteiger partial charge < -0.3 is 9.88 Å². The third kappa shape index (κ3) is 4.98. The van der Waals surface area contributed by atoms with Gasteiger partial charge in [-0.1, -0.05) is 54.2 Å². The minimum atomic E-state index is -0.0380. The summed E-state index contributed by atoms with van der Waals surface area (Å²) in [7, 11) is 0.